The van der Waals surface area contributed by atoms with Crippen LogP contribution < -0.4 is 10.1 Å². The Morgan fingerprint density at radius 2 is 2.10 bits per heavy atom. The van der Waals surface area contributed by atoms with Crippen LogP contribution in [0.4, 0.5) is 0 Å². The van der Waals surface area contributed by atoms with E-state index in [4.69, 9.17) is 16.3 Å². The lowest BCUT2D eigenvalue weighted by Gasteiger charge is -2.31. The highest BCUT2D eigenvalue weighted by Crippen LogP contribution is 2.33. The van der Waals surface area contributed by atoms with Gasteiger partial charge in [-0.15, -0.1) is 0 Å². The van der Waals surface area contributed by atoms with E-state index in [2.05, 4.69) is 17.1 Å². The normalized spacial score (nSPS) is 19.2. The Hall–Kier alpha value is -0.810. The third-order valence-electron chi connectivity index (χ3n) is 3.89. The van der Waals surface area contributed by atoms with Gasteiger partial charge in [-0.3, -0.25) is 0 Å². The van der Waals surface area contributed by atoms with Crippen molar-refractivity contribution >= 4 is 11.6 Å². The fourth-order valence-corrected chi connectivity index (χ4v) is 2.93. The highest BCUT2D eigenvalue weighted by molar-refractivity contribution is 6.30. The highest BCUT2D eigenvalue weighted by atomic mass is 35.5. The molecule has 1 aromatic carbocycles. The average Bonchev–Trinajstić information content (AvgIpc) is 2.49. The second-order valence-corrected chi connectivity index (χ2v) is 6.02. The predicted octanol–water partition coefficient (Wildman–Crippen LogP) is 2.31. The molecule has 1 aliphatic rings. The molecule has 0 aliphatic carbocycles. The van der Waals surface area contributed by atoms with E-state index in [0.29, 0.717) is 11.6 Å². The maximum absolute atomic E-state index is 10.7. The quantitative estimate of drug-likeness (QED) is 0.846. The van der Waals surface area contributed by atoms with E-state index >= 15 is 0 Å². The molecule has 0 aromatic heterocycles. The van der Waals surface area contributed by atoms with E-state index in [1.54, 1.807) is 6.07 Å². The molecule has 5 heteroatoms. The maximum atomic E-state index is 10.7. The number of hydrogen-bond donors (Lipinski definition) is 2. The molecule has 2 rings (SSSR count). The summed E-state index contributed by atoms with van der Waals surface area (Å²) in [6.07, 6.45) is -0.569. The van der Waals surface area contributed by atoms with Gasteiger partial charge in [-0.25, -0.2) is 0 Å². The summed E-state index contributed by atoms with van der Waals surface area (Å²) in [4.78, 5) is 2.38. The summed E-state index contributed by atoms with van der Waals surface area (Å²) in [6.45, 7) is 9.57. The molecule has 1 fully saturated rings. The lowest BCUT2D eigenvalue weighted by Crippen LogP contribution is -2.45. The van der Waals surface area contributed by atoms with Gasteiger partial charge in [-0.1, -0.05) is 18.5 Å². The molecule has 1 aromatic rings. The molecular formula is C16H25ClN2O2. The SMILES string of the molecule is CCOc1ccc(Cl)cc1C(O)C(C)CN1CCNCC1. The molecule has 2 unspecified atom stereocenters. The van der Waals surface area contributed by atoms with Gasteiger partial charge in [0.25, 0.3) is 0 Å². The standard InChI is InChI=1S/C16H25ClN2O2/c1-3-21-15-5-4-13(17)10-14(15)16(20)12(2)11-19-8-6-18-7-9-19/h4-5,10,12,16,18,20H,3,6-9,11H2,1-2H3. The van der Waals surface area contributed by atoms with Gasteiger partial charge in [0.15, 0.2) is 0 Å². The molecule has 2 N–H and O–H groups in total. The second-order valence-electron chi connectivity index (χ2n) is 5.59. The highest BCUT2D eigenvalue weighted by Gasteiger charge is 2.23. The van der Waals surface area contributed by atoms with Crippen LogP contribution in [0.2, 0.25) is 5.02 Å². The third-order valence-corrected chi connectivity index (χ3v) is 4.12. The Bertz CT molecular complexity index is 450. The summed E-state index contributed by atoms with van der Waals surface area (Å²) >= 11 is 6.07. The summed E-state index contributed by atoms with van der Waals surface area (Å²) in [6, 6.07) is 5.44. The maximum Gasteiger partial charge on any atom is 0.125 e. The Balaban J connectivity index is 2.06. The van der Waals surface area contributed by atoms with Crippen molar-refractivity contribution in [1.82, 2.24) is 10.2 Å². The van der Waals surface area contributed by atoms with E-state index in [-0.39, 0.29) is 5.92 Å². The Morgan fingerprint density at radius 1 is 1.38 bits per heavy atom. The molecular weight excluding hydrogens is 288 g/mol. The van der Waals surface area contributed by atoms with Crippen LogP contribution in [0.1, 0.15) is 25.5 Å². The number of hydrogen-bond acceptors (Lipinski definition) is 4. The number of rotatable bonds is 6. The van der Waals surface area contributed by atoms with Crippen molar-refractivity contribution in [1.29, 1.82) is 0 Å². The van der Waals surface area contributed by atoms with Crippen molar-refractivity contribution < 1.29 is 9.84 Å². The summed E-state index contributed by atoms with van der Waals surface area (Å²) in [5, 5.41) is 14.6. The van der Waals surface area contributed by atoms with Crippen molar-refractivity contribution in [2.24, 2.45) is 5.92 Å². The molecule has 1 saturated heterocycles. The van der Waals surface area contributed by atoms with E-state index in [1.165, 1.54) is 0 Å². The molecule has 2 atom stereocenters. The summed E-state index contributed by atoms with van der Waals surface area (Å²) < 4.78 is 5.61. The van der Waals surface area contributed by atoms with E-state index in [1.807, 2.05) is 19.1 Å². The van der Waals surface area contributed by atoms with Gasteiger partial charge < -0.3 is 20.1 Å². The molecule has 0 saturated carbocycles. The van der Waals surface area contributed by atoms with Crippen molar-refractivity contribution in [2.45, 2.75) is 20.0 Å². The molecule has 0 radical (unpaired) electrons. The number of halogens is 1. The van der Waals surface area contributed by atoms with Crippen molar-refractivity contribution in [3.63, 3.8) is 0 Å². The van der Waals surface area contributed by atoms with Gasteiger partial charge in [-0.2, -0.15) is 0 Å². The minimum atomic E-state index is -0.569. The number of ether oxygens (including phenoxy) is 1. The molecule has 0 amide bonds. The van der Waals surface area contributed by atoms with E-state index in [0.717, 1.165) is 44.0 Å². The molecule has 0 spiro atoms. The first-order valence-electron chi connectivity index (χ1n) is 7.65. The van der Waals surface area contributed by atoms with Crippen LogP contribution in [0.15, 0.2) is 18.2 Å². The Kier molecular flexibility index (Phi) is 6.30. The van der Waals surface area contributed by atoms with Gasteiger partial charge in [0.05, 0.1) is 12.7 Å². The zero-order chi connectivity index (χ0) is 15.2. The molecule has 4 nitrogen and oxygen atoms in total. The largest absolute Gasteiger partial charge is 0.493 e. The first-order valence-corrected chi connectivity index (χ1v) is 8.03. The van der Waals surface area contributed by atoms with Gasteiger partial charge in [0.2, 0.25) is 0 Å². The number of piperazine rings is 1. The summed E-state index contributed by atoms with van der Waals surface area (Å²) in [5.41, 5.74) is 0.784. The zero-order valence-electron chi connectivity index (χ0n) is 12.8. The first-order chi connectivity index (χ1) is 10.1. The monoisotopic (exact) mass is 312 g/mol. The van der Waals surface area contributed by atoms with Crippen LogP contribution in [0.25, 0.3) is 0 Å². The Labute approximate surface area is 132 Å². The number of benzene rings is 1. The van der Waals surface area contributed by atoms with Gasteiger partial charge in [0.1, 0.15) is 5.75 Å². The number of aliphatic hydroxyl groups is 1. The molecule has 1 heterocycles. The topological polar surface area (TPSA) is 44.7 Å². The molecule has 1 aliphatic heterocycles. The second kappa shape index (κ2) is 7.99. The van der Waals surface area contributed by atoms with Crippen molar-refractivity contribution in [2.75, 3.05) is 39.3 Å². The predicted molar refractivity (Wildman–Crippen MR) is 86.1 cm³/mol. The van der Waals surface area contributed by atoms with Crippen molar-refractivity contribution in [3.05, 3.63) is 28.8 Å². The van der Waals surface area contributed by atoms with Crippen LogP contribution in [0.3, 0.4) is 0 Å². The number of nitrogens with one attached hydrogen (secondary N) is 1. The first kappa shape index (κ1) is 16.6. The van der Waals surface area contributed by atoms with Crippen molar-refractivity contribution in [3.8, 4) is 5.75 Å². The molecule has 118 valence electrons. The van der Waals surface area contributed by atoms with Crippen LogP contribution >= 0.6 is 11.6 Å². The number of aliphatic hydroxyl groups excluding tert-OH is 1. The minimum Gasteiger partial charge on any atom is -0.493 e. The van der Waals surface area contributed by atoms with E-state index in [9.17, 15) is 5.11 Å². The zero-order valence-corrected chi connectivity index (χ0v) is 13.6. The average molecular weight is 313 g/mol. The van der Waals surface area contributed by atoms with Gasteiger partial charge >= 0.3 is 0 Å². The minimum absolute atomic E-state index is 0.126. The summed E-state index contributed by atoms with van der Waals surface area (Å²) in [7, 11) is 0. The van der Waals surface area contributed by atoms with Gasteiger partial charge in [-0.05, 0) is 31.0 Å². The summed E-state index contributed by atoms with van der Waals surface area (Å²) in [5.74, 6) is 0.849. The molecule has 21 heavy (non-hydrogen) atoms. The van der Waals surface area contributed by atoms with Crippen LogP contribution in [0, 0.1) is 5.92 Å². The fraction of sp³-hybridized carbons (Fsp3) is 0.625. The Morgan fingerprint density at radius 3 is 2.76 bits per heavy atom. The third kappa shape index (κ3) is 4.58. The van der Waals surface area contributed by atoms with Crippen LogP contribution in [-0.4, -0.2) is 49.3 Å². The lowest BCUT2D eigenvalue weighted by molar-refractivity contribution is 0.0817. The van der Waals surface area contributed by atoms with E-state index < -0.39 is 6.10 Å². The lowest BCUT2D eigenvalue weighted by atomic mass is 9.96. The smallest absolute Gasteiger partial charge is 0.125 e. The van der Waals surface area contributed by atoms with Gasteiger partial charge in [0, 0.05) is 43.3 Å². The van der Waals surface area contributed by atoms with Crippen LogP contribution in [0.5, 0.6) is 5.75 Å². The number of nitrogens with zero attached hydrogens (tertiary/aromatic N) is 1. The van der Waals surface area contributed by atoms with Crippen LogP contribution in [-0.2, 0) is 0 Å². The molecule has 0 bridgehead atoms. The fourth-order valence-electron chi connectivity index (χ4n) is 2.74.